The van der Waals surface area contributed by atoms with E-state index in [1.54, 1.807) is 0 Å². The zero-order chi connectivity index (χ0) is 10.6. The summed E-state index contributed by atoms with van der Waals surface area (Å²) >= 11 is 0. The van der Waals surface area contributed by atoms with Crippen LogP contribution in [0.3, 0.4) is 0 Å². The van der Waals surface area contributed by atoms with E-state index in [1.807, 2.05) is 0 Å². The van der Waals surface area contributed by atoms with Gasteiger partial charge in [-0.25, -0.2) is 0 Å². The standard InChI is InChI=1S/C13H24O/c1-13(2,3)12-8-6-11(7-9-12)5-4-10-14/h6,8,11-12,14H,4-5,7,9-10H2,1-3H3/t11-,12+/m0/s1. The van der Waals surface area contributed by atoms with Crippen molar-refractivity contribution in [3.63, 3.8) is 0 Å². The van der Waals surface area contributed by atoms with Crippen molar-refractivity contribution in [3.05, 3.63) is 12.2 Å². The molecule has 0 aliphatic heterocycles. The van der Waals surface area contributed by atoms with Crippen molar-refractivity contribution in [1.82, 2.24) is 0 Å². The van der Waals surface area contributed by atoms with Gasteiger partial charge in [-0.15, -0.1) is 0 Å². The van der Waals surface area contributed by atoms with E-state index in [2.05, 4.69) is 32.9 Å². The van der Waals surface area contributed by atoms with Crippen LogP contribution in [0.2, 0.25) is 0 Å². The fourth-order valence-electron chi connectivity index (χ4n) is 2.19. The molecule has 82 valence electrons. The third kappa shape index (κ3) is 3.45. The molecular weight excluding hydrogens is 172 g/mol. The van der Waals surface area contributed by atoms with Gasteiger partial charge in [-0.2, -0.15) is 0 Å². The lowest BCUT2D eigenvalue weighted by molar-refractivity contribution is 0.239. The van der Waals surface area contributed by atoms with Crippen molar-refractivity contribution in [2.24, 2.45) is 17.3 Å². The molecule has 0 aromatic heterocycles. The largest absolute Gasteiger partial charge is 0.396 e. The maximum Gasteiger partial charge on any atom is 0.0431 e. The maximum absolute atomic E-state index is 8.75. The minimum absolute atomic E-state index is 0.340. The third-order valence-electron chi connectivity index (χ3n) is 3.31. The minimum Gasteiger partial charge on any atom is -0.396 e. The molecule has 1 aliphatic carbocycles. The van der Waals surface area contributed by atoms with Crippen LogP contribution >= 0.6 is 0 Å². The zero-order valence-corrected chi connectivity index (χ0v) is 9.79. The highest BCUT2D eigenvalue weighted by molar-refractivity contribution is 5.01. The highest BCUT2D eigenvalue weighted by Crippen LogP contribution is 2.36. The topological polar surface area (TPSA) is 20.2 Å². The second-order valence-corrected chi connectivity index (χ2v) is 5.56. The molecule has 1 heteroatoms. The molecule has 0 saturated carbocycles. The monoisotopic (exact) mass is 196 g/mol. The van der Waals surface area contributed by atoms with Crippen molar-refractivity contribution in [2.45, 2.75) is 46.5 Å². The smallest absolute Gasteiger partial charge is 0.0431 e. The van der Waals surface area contributed by atoms with E-state index in [0.717, 1.165) is 24.7 Å². The minimum atomic E-state index is 0.340. The molecule has 2 atom stereocenters. The quantitative estimate of drug-likeness (QED) is 0.686. The van der Waals surface area contributed by atoms with Gasteiger partial charge in [-0.1, -0.05) is 32.9 Å². The van der Waals surface area contributed by atoms with Crippen LogP contribution in [0.5, 0.6) is 0 Å². The molecule has 0 radical (unpaired) electrons. The normalized spacial score (nSPS) is 28.0. The molecule has 0 unspecified atom stereocenters. The molecule has 1 N–H and O–H groups in total. The Labute approximate surface area is 88.2 Å². The summed E-state index contributed by atoms with van der Waals surface area (Å²) in [5.41, 5.74) is 0.415. The summed E-state index contributed by atoms with van der Waals surface area (Å²) < 4.78 is 0. The Kier molecular flexibility index (Phi) is 4.18. The summed E-state index contributed by atoms with van der Waals surface area (Å²) in [6.07, 6.45) is 9.49. The number of rotatable bonds is 3. The van der Waals surface area contributed by atoms with Gasteiger partial charge in [-0.05, 0) is 42.9 Å². The molecule has 1 rings (SSSR count). The van der Waals surface area contributed by atoms with Gasteiger partial charge < -0.3 is 5.11 Å². The van der Waals surface area contributed by atoms with Gasteiger partial charge >= 0.3 is 0 Å². The Morgan fingerprint density at radius 3 is 2.36 bits per heavy atom. The summed E-state index contributed by atoms with van der Waals surface area (Å²) in [6.45, 7) is 7.29. The first-order valence-electron chi connectivity index (χ1n) is 5.83. The molecule has 14 heavy (non-hydrogen) atoms. The third-order valence-corrected chi connectivity index (χ3v) is 3.31. The van der Waals surface area contributed by atoms with Gasteiger partial charge in [-0.3, -0.25) is 0 Å². The van der Waals surface area contributed by atoms with Crippen LogP contribution in [-0.2, 0) is 0 Å². The molecule has 0 heterocycles. The molecule has 0 spiro atoms. The predicted octanol–water partition coefficient (Wildman–Crippen LogP) is 3.39. The van der Waals surface area contributed by atoms with E-state index in [-0.39, 0.29) is 0 Å². The number of allylic oxidation sites excluding steroid dienone is 2. The van der Waals surface area contributed by atoms with Gasteiger partial charge in [0, 0.05) is 6.61 Å². The Balaban J connectivity index is 2.39. The lowest BCUT2D eigenvalue weighted by Gasteiger charge is -2.32. The highest BCUT2D eigenvalue weighted by atomic mass is 16.2. The van der Waals surface area contributed by atoms with Crippen LogP contribution in [0.25, 0.3) is 0 Å². The molecule has 1 nitrogen and oxygen atoms in total. The van der Waals surface area contributed by atoms with Gasteiger partial charge in [0.2, 0.25) is 0 Å². The molecule has 1 aliphatic rings. The molecular formula is C13H24O. The van der Waals surface area contributed by atoms with Crippen molar-refractivity contribution < 1.29 is 5.11 Å². The summed E-state index contributed by atoms with van der Waals surface area (Å²) in [5.74, 6) is 1.47. The fraction of sp³-hybridized carbons (Fsp3) is 0.846. The predicted molar refractivity (Wildman–Crippen MR) is 61.1 cm³/mol. The first kappa shape index (κ1) is 11.8. The zero-order valence-electron chi connectivity index (χ0n) is 9.79. The SMILES string of the molecule is CC(C)(C)[C@@H]1C=C[C@H](CCCO)CC1. The van der Waals surface area contributed by atoms with Crippen LogP contribution in [0.1, 0.15) is 46.5 Å². The Morgan fingerprint density at radius 1 is 1.21 bits per heavy atom. The van der Waals surface area contributed by atoms with Crippen molar-refractivity contribution in [1.29, 1.82) is 0 Å². The molecule has 0 aromatic rings. The van der Waals surface area contributed by atoms with Gasteiger partial charge in [0.05, 0.1) is 0 Å². The summed E-state index contributed by atoms with van der Waals surface area (Å²) in [5, 5.41) is 8.75. The van der Waals surface area contributed by atoms with E-state index in [1.165, 1.54) is 12.8 Å². The van der Waals surface area contributed by atoms with Gasteiger partial charge in [0.15, 0.2) is 0 Å². The van der Waals surface area contributed by atoms with Gasteiger partial charge in [0.25, 0.3) is 0 Å². The van der Waals surface area contributed by atoms with E-state index in [4.69, 9.17) is 5.11 Å². The first-order valence-corrected chi connectivity index (χ1v) is 5.83. The summed E-state index contributed by atoms with van der Waals surface area (Å²) in [6, 6.07) is 0. The van der Waals surface area contributed by atoms with Crippen LogP contribution in [0, 0.1) is 17.3 Å². The Hall–Kier alpha value is -0.300. The van der Waals surface area contributed by atoms with Gasteiger partial charge in [0.1, 0.15) is 0 Å². The second-order valence-electron chi connectivity index (χ2n) is 5.56. The van der Waals surface area contributed by atoms with Crippen LogP contribution < -0.4 is 0 Å². The van der Waals surface area contributed by atoms with Crippen molar-refractivity contribution >= 4 is 0 Å². The number of aliphatic hydroxyl groups is 1. The maximum atomic E-state index is 8.75. The van der Waals surface area contributed by atoms with Crippen LogP contribution in [-0.4, -0.2) is 11.7 Å². The lowest BCUT2D eigenvalue weighted by Crippen LogP contribution is -2.22. The highest BCUT2D eigenvalue weighted by Gasteiger charge is 2.25. The number of hydrogen-bond donors (Lipinski definition) is 1. The molecule has 0 saturated heterocycles. The van der Waals surface area contributed by atoms with E-state index in [0.29, 0.717) is 12.0 Å². The Bertz CT molecular complexity index is 188. The lowest BCUT2D eigenvalue weighted by atomic mass is 9.73. The number of hydrogen-bond acceptors (Lipinski definition) is 1. The molecule has 0 fully saturated rings. The summed E-state index contributed by atoms with van der Waals surface area (Å²) in [7, 11) is 0. The van der Waals surface area contributed by atoms with E-state index < -0.39 is 0 Å². The molecule has 0 amide bonds. The Morgan fingerprint density at radius 2 is 1.93 bits per heavy atom. The second kappa shape index (κ2) is 4.97. The first-order chi connectivity index (χ1) is 6.54. The van der Waals surface area contributed by atoms with E-state index in [9.17, 15) is 0 Å². The van der Waals surface area contributed by atoms with Crippen molar-refractivity contribution in [3.8, 4) is 0 Å². The van der Waals surface area contributed by atoms with Crippen LogP contribution in [0.15, 0.2) is 12.2 Å². The van der Waals surface area contributed by atoms with E-state index >= 15 is 0 Å². The fourth-order valence-corrected chi connectivity index (χ4v) is 2.19. The van der Waals surface area contributed by atoms with Crippen molar-refractivity contribution in [2.75, 3.05) is 6.61 Å². The number of aliphatic hydroxyl groups excluding tert-OH is 1. The molecule has 0 bridgehead atoms. The average Bonchev–Trinajstić information content (AvgIpc) is 2.14. The summed E-state index contributed by atoms with van der Waals surface area (Å²) in [4.78, 5) is 0. The average molecular weight is 196 g/mol. The molecule has 0 aromatic carbocycles. The van der Waals surface area contributed by atoms with Crippen LogP contribution in [0.4, 0.5) is 0 Å².